The van der Waals surface area contributed by atoms with Gasteiger partial charge in [-0.05, 0) is 62.6 Å². The number of hydrogen-bond donors (Lipinski definition) is 1. The van der Waals surface area contributed by atoms with E-state index in [1.165, 1.54) is 22.5 Å². The average Bonchev–Trinajstić information content (AvgIpc) is 3.18. The highest BCUT2D eigenvalue weighted by atomic mass is 32.1. The summed E-state index contributed by atoms with van der Waals surface area (Å²) in [6.45, 7) is 15.8. The Morgan fingerprint density at radius 2 is 1.59 bits per heavy atom. The third kappa shape index (κ3) is 10.8. The van der Waals surface area contributed by atoms with Crippen LogP contribution in [0.5, 0.6) is 11.5 Å². The van der Waals surface area contributed by atoms with Crippen molar-refractivity contribution in [3.8, 4) is 11.5 Å². The summed E-state index contributed by atoms with van der Waals surface area (Å²) < 4.78 is 10.8. The lowest BCUT2D eigenvalue weighted by atomic mass is 10.1. The monoisotopic (exact) mass is 455 g/mol. The van der Waals surface area contributed by atoms with E-state index in [0.29, 0.717) is 17.2 Å². The van der Waals surface area contributed by atoms with E-state index in [9.17, 15) is 4.79 Å². The van der Waals surface area contributed by atoms with Crippen LogP contribution in [0.3, 0.4) is 0 Å². The van der Waals surface area contributed by atoms with Crippen molar-refractivity contribution in [1.29, 1.82) is 0 Å². The van der Waals surface area contributed by atoms with Crippen molar-refractivity contribution in [2.45, 2.75) is 48.1 Å². The summed E-state index contributed by atoms with van der Waals surface area (Å²) in [7, 11) is 1.62. The van der Waals surface area contributed by atoms with Gasteiger partial charge in [0.05, 0.1) is 7.11 Å². The summed E-state index contributed by atoms with van der Waals surface area (Å²) in [5.74, 6) is 0.856. The van der Waals surface area contributed by atoms with Crippen molar-refractivity contribution in [2.24, 2.45) is 5.73 Å². The Labute approximate surface area is 197 Å². The van der Waals surface area contributed by atoms with E-state index in [2.05, 4.69) is 44.7 Å². The standard InChI is InChI=1S/C14H15NO3S.C8H10.C3H6.C2H6/c1-9-6-12(13(19-9)14(15)16)18-8-10-4-3-5-11(7-10)17-2;1-7-5-3-4-6-8(7)2;1-3-2;1-2/h3-7H,8H2,1-2H3,(H2,15,16);3-6H,1-2H3;3H,1H2,2H3;1-2H3. The smallest absolute Gasteiger partial charge is 0.262 e. The number of carbonyl (C=O) groups excluding carboxylic acids is 1. The second-order valence-corrected chi connectivity index (χ2v) is 7.80. The van der Waals surface area contributed by atoms with Gasteiger partial charge in [-0.3, -0.25) is 4.79 Å². The molecule has 0 atom stereocenters. The molecule has 0 fully saturated rings. The minimum atomic E-state index is -0.459. The van der Waals surface area contributed by atoms with Crippen LogP contribution >= 0.6 is 11.3 Å². The van der Waals surface area contributed by atoms with Crippen LogP contribution < -0.4 is 15.2 Å². The van der Waals surface area contributed by atoms with Gasteiger partial charge in [-0.25, -0.2) is 0 Å². The molecule has 0 unspecified atom stereocenters. The lowest BCUT2D eigenvalue weighted by Gasteiger charge is -2.07. The maximum Gasteiger partial charge on any atom is 0.262 e. The average molecular weight is 456 g/mol. The quantitative estimate of drug-likeness (QED) is 0.412. The summed E-state index contributed by atoms with van der Waals surface area (Å²) in [4.78, 5) is 12.7. The molecule has 174 valence electrons. The van der Waals surface area contributed by atoms with Crippen LogP contribution in [0.15, 0.2) is 67.3 Å². The van der Waals surface area contributed by atoms with Gasteiger partial charge >= 0.3 is 0 Å². The molecule has 1 heterocycles. The van der Waals surface area contributed by atoms with Crippen molar-refractivity contribution in [1.82, 2.24) is 0 Å². The number of benzene rings is 2. The summed E-state index contributed by atoms with van der Waals surface area (Å²) in [6.07, 6.45) is 1.75. The van der Waals surface area contributed by atoms with Crippen LogP contribution in [0.25, 0.3) is 0 Å². The van der Waals surface area contributed by atoms with Gasteiger partial charge in [-0.1, -0.05) is 56.3 Å². The minimum Gasteiger partial charge on any atom is -0.497 e. The molecule has 1 aromatic heterocycles. The molecule has 3 rings (SSSR count). The van der Waals surface area contributed by atoms with Crippen LogP contribution in [-0.2, 0) is 6.61 Å². The van der Waals surface area contributed by atoms with Crippen LogP contribution in [0.1, 0.15) is 52.0 Å². The zero-order chi connectivity index (χ0) is 24.5. The number of allylic oxidation sites excluding steroid dienone is 1. The summed E-state index contributed by atoms with van der Waals surface area (Å²) in [5, 5.41) is 0. The second kappa shape index (κ2) is 16.6. The molecule has 1 amide bonds. The van der Waals surface area contributed by atoms with Crippen molar-refractivity contribution in [2.75, 3.05) is 7.11 Å². The van der Waals surface area contributed by atoms with Gasteiger partial charge < -0.3 is 15.2 Å². The Bertz CT molecular complexity index is 927. The van der Waals surface area contributed by atoms with Crippen molar-refractivity contribution in [3.63, 3.8) is 0 Å². The van der Waals surface area contributed by atoms with E-state index >= 15 is 0 Å². The highest BCUT2D eigenvalue weighted by Gasteiger charge is 2.13. The topological polar surface area (TPSA) is 61.6 Å². The van der Waals surface area contributed by atoms with E-state index < -0.39 is 5.91 Å². The number of primary amides is 1. The van der Waals surface area contributed by atoms with Gasteiger partial charge in [0, 0.05) is 4.88 Å². The zero-order valence-electron chi connectivity index (χ0n) is 20.4. The molecule has 0 aliphatic heterocycles. The lowest BCUT2D eigenvalue weighted by molar-refractivity contribution is 0.1000. The largest absolute Gasteiger partial charge is 0.497 e. The van der Waals surface area contributed by atoms with Gasteiger partial charge in [0.1, 0.15) is 23.0 Å². The molecule has 0 saturated heterocycles. The predicted molar refractivity (Wildman–Crippen MR) is 138 cm³/mol. The molecule has 0 aliphatic rings. The van der Waals surface area contributed by atoms with E-state index in [0.717, 1.165) is 16.2 Å². The van der Waals surface area contributed by atoms with Crippen LogP contribution in [0, 0.1) is 20.8 Å². The SMILES string of the molecule is C=CC.CC.COc1cccc(COc2cc(C)sc2C(N)=O)c1.Cc1ccccc1C. The highest BCUT2D eigenvalue weighted by molar-refractivity contribution is 7.14. The molecule has 5 heteroatoms. The van der Waals surface area contributed by atoms with E-state index in [1.54, 1.807) is 13.2 Å². The summed E-state index contributed by atoms with van der Waals surface area (Å²) in [6, 6.07) is 17.8. The maximum absolute atomic E-state index is 11.3. The number of methoxy groups -OCH3 is 1. The molecule has 0 spiro atoms. The number of ether oxygens (including phenoxy) is 2. The van der Waals surface area contributed by atoms with Gasteiger partial charge in [0.25, 0.3) is 5.91 Å². The van der Waals surface area contributed by atoms with E-state index in [-0.39, 0.29) is 0 Å². The Morgan fingerprint density at radius 1 is 1.03 bits per heavy atom. The molecule has 2 N–H and O–H groups in total. The number of rotatable bonds is 5. The van der Waals surface area contributed by atoms with Gasteiger partial charge in [0.2, 0.25) is 0 Å². The molecular formula is C27H37NO3S. The van der Waals surface area contributed by atoms with Crippen LogP contribution in [0.4, 0.5) is 0 Å². The summed E-state index contributed by atoms with van der Waals surface area (Å²) in [5.41, 5.74) is 9.02. The van der Waals surface area contributed by atoms with Crippen LogP contribution in [0.2, 0.25) is 0 Å². The van der Waals surface area contributed by atoms with Crippen molar-refractivity contribution < 1.29 is 14.3 Å². The molecule has 4 nitrogen and oxygen atoms in total. The molecule has 0 bridgehead atoms. The molecular weight excluding hydrogens is 418 g/mol. The highest BCUT2D eigenvalue weighted by Crippen LogP contribution is 2.29. The van der Waals surface area contributed by atoms with Crippen molar-refractivity contribution >= 4 is 17.2 Å². The molecule has 0 radical (unpaired) electrons. The Morgan fingerprint density at radius 3 is 2.06 bits per heavy atom. The number of hydrogen-bond acceptors (Lipinski definition) is 4. The third-order valence-corrected chi connectivity index (χ3v) is 5.05. The molecule has 32 heavy (non-hydrogen) atoms. The van der Waals surface area contributed by atoms with E-state index in [4.69, 9.17) is 15.2 Å². The van der Waals surface area contributed by atoms with Crippen molar-refractivity contribution in [3.05, 3.63) is 93.7 Å². The Kier molecular flexibility index (Phi) is 15.0. The normalized spacial score (nSPS) is 8.97. The predicted octanol–water partition coefficient (Wildman–Crippen LogP) is 7.26. The zero-order valence-corrected chi connectivity index (χ0v) is 21.2. The first-order valence-electron chi connectivity index (χ1n) is 10.6. The van der Waals surface area contributed by atoms with E-state index in [1.807, 2.05) is 58.0 Å². The fourth-order valence-electron chi connectivity index (χ4n) is 2.36. The number of nitrogens with two attached hydrogens (primary N) is 1. The lowest BCUT2D eigenvalue weighted by Crippen LogP contribution is -2.10. The Balaban J connectivity index is 0.000000612. The minimum absolute atomic E-state index is 0.369. The fraction of sp³-hybridized carbons (Fsp3) is 0.296. The Hall–Kier alpha value is -3.05. The summed E-state index contributed by atoms with van der Waals surface area (Å²) >= 11 is 1.34. The first kappa shape index (κ1) is 28.9. The van der Waals surface area contributed by atoms with Crippen LogP contribution in [-0.4, -0.2) is 13.0 Å². The first-order valence-corrected chi connectivity index (χ1v) is 11.4. The van der Waals surface area contributed by atoms with Gasteiger partial charge in [-0.15, -0.1) is 17.9 Å². The second-order valence-electron chi connectivity index (χ2n) is 6.55. The molecule has 3 aromatic rings. The molecule has 2 aromatic carbocycles. The number of amides is 1. The van der Waals surface area contributed by atoms with Gasteiger partial charge in [-0.2, -0.15) is 0 Å². The number of thiophene rings is 1. The maximum atomic E-state index is 11.3. The molecule has 0 aliphatic carbocycles. The third-order valence-electron chi connectivity index (χ3n) is 4.00. The first-order chi connectivity index (χ1) is 15.3. The number of aryl methyl sites for hydroxylation is 3. The number of carbonyl (C=O) groups is 1. The fourth-order valence-corrected chi connectivity index (χ4v) is 3.16. The molecule has 0 saturated carbocycles. The van der Waals surface area contributed by atoms with Gasteiger partial charge in [0.15, 0.2) is 0 Å².